The van der Waals surface area contributed by atoms with E-state index in [1.54, 1.807) is 0 Å². The summed E-state index contributed by atoms with van der Waals surface area (Å²) < 4.78 is 6.87. The molecule has 2 aromatic heterocycles. The van der Waals surface area contributed by atoms with E-state index in [2.05, 4.69) is 15.5 Å². The van der Waals surface area contributed by atoms with E-state index >= 15 is 0 Å². The average molecular weight is 392 g/mol. The van der Waals surface area contributed by atoms with E-state index in [9.17, 15) is 9.59 Å². The summed E-state index contributed by atoms with van der Waals surface area (Å²) in [6.45, 7) is 3.64. The Hall–Kier alpha value is -3.22. The Kier molecular flexibility index (Phi) is 5.29. The zero-order chi connectivity index (χ0) is 20.4. The van der Waals surface area contributed by atoms with Crippen molar-refractivity contribution in [3.63, 3.8) is 0 Å². The number of nitrogens with one attached hydrogen (secondary N) is 1. The minimum Gasteiger partial charge on any atom is -0.352 e. The van der Waals surface area contributed by atoms with Crippen molar-refractivity contribution in [1.29, 1.82) is 0 Å². The first-order valence-electron chi connectivity index (χ1n) is 9.93. The largest absolute Gasteiger partial charge is 0.352 e. The van der Waals surface area contributed by atoms with Gasteiger partial charge in [0.05, 0.1) is 0 Å². The van der Waals surface area contributed by atoms with E-state index in [-0.39, 0.29) is 29.9 Å². The number of carbonyl (C=O) groups excluding carboxylic acids is 1. The van der Waals surface area contributed by atoms with Crippen molar-refractivity contribution in [3.05, 3.63) is 58.0 Å². The van der Waals surface area contributed by atoms with Gasteiger partial charge in [-0.2, -0.15) is 4.98 Å². The third kappa shape index (κ3) is 3.99. The summed E-state index contributed by atoms with van der Waals surface area (Å²) in [4.78, 5) is 30.1. The molecule has 150 valence electrons. The summed E-state index contributed by atoms with van der Waals surface area (Å²) in [5.41, 5.74) is 2.30. The first-order valence-corrected chi connectivity index (χ1v) is 9.93. The Bertz CT molecular complexity index is 1080. The number of carbonyl (C=O) groups is 1. The fourth-order valence-electron chi connectivity index (χ4n) is 3.90. The summed E-state index contributed by atoms with van der Waals surface area (Å²) in [5, 5.41) is 7.04. The summed E-state index contributed by atoms with van der Waals surface area (Å²) in [5.74, 6) is 0.439. The first-order chi connectivity index (χ1) is 14.0. The number of rotatable bonds is 5. The van der Waals surface area contributed by atoms with Crippen LogP contribution < -0.4 is 10.9 Å². The predicted octanol–water partition coefficient (Wildman–Crippen LogP) is 3.24. The highest BCUT2D eigenvalue weighted by atomic mass is 16.5. The number of aryl methyl sites for hydroxylation is 2. The van der Waals surface area contributed by atoms with E-state index in [1.165, 1.54) is 4.57 Å². The molecule has 3 aromatic rings. The molecule has 0 bridgehead atoms. The van der Waals surface area contributed by atoms with Gasteiger partial charge in [0.25, 0.3) is 11.4 Å². The van der Waals surface area contributed by atoms with Crippen LogP contribution in [-0.2, 0) is 11.3 Å². The lowest BCUT2D eigenvalue weighted by Gasteiger charge is -2.15. The van der Waals surface area contributed by atoms with E-state index in [4.69, 9.17) is 4.52 Å². The molecule has 1 aliphatic carbocycles. The average Bonchev–Trinajstić information content (AvgIpc) is 3.38. The van der Waals surface area contributed by atoms with E-state index in [0.29, 0.717) is 11.4 Å². The van der Waals surface area contributed by atoms with Crippen molar-refractivity contribution in [3.8, 4) is 22.8 Å². The second-order valence-corrected chi connectivity index (χ2v) is 7.57. The SMILES string of the molecule is Cc1cc(C)n(CC(=O)NC2CCCC2)c(=O)c1-c1nc(-c2ccccc2)no1. The molecule has 0 saturated heterocycles. The van der Waals surface area contributed by atoms with Crippen LogP contribution in [0.25, 0.3) is 22.8 Å². The van der Waals surface area contributed by atoms with E-state index in [1.807, 2.05) is 50.2 Å². The topological polar surface area (TPSA) is 90.0 Å². The number of benzene rings is 1. The zero-order valence-electron chi connectivity index (χ0n) is 16.6. The zero-order valence-corrected chi connectivity index (χ0v) is 16.6. The maximum absolute atomic E-state index is 13.2. The number of pyridine rings is 1. The minimum absolute atomic E-state index is 0.0197. The Morgan fingerprint density at radius 2 is 1.93 bits per heavy atom. The maximum atomic E-state index is 13.2. The molecule has 1 amide bonds. The van der Waals surface area contributed by atoms with Crippen LogP contribution in [0.15, 0.2) is 45.7 Å². The van der Waals surface area contributed by atoms with Crippen molar-refractivity contribution in [1.82, 2.24) is 20.0 Å². The summed E-state index contributed by atoms with van der Waals surface area (Å²) in [7, 11) is 0. The van der Waals surface area contributed by atoms with Gasteiger partial charge in [0.2, 0.25) is 11.7 Å². The van der Waals surface area contributed by atoms with Crippen molar-refractivity contribution in [2.45, 2.75) is 52.1 Å². The monoisotopic (exact) mass is 392 g/mol. The lowest BCUT2D eigenvalue weighted by atomic mass is 10.1. The summed E-state index contributed by atoms with van der Waals surface area (Å²) in [6.07, 6.45) is 4.28. The first kappa shape index (κ1) is 19.1. The fourth-order valence-corrected chi connectivity index (χ4v) is 3.90. The maximum Gasteiger partial charge on any atom is 0.264 e. The number of aromatic nitrogens is 3. The van der Waals surface area contributed by atoms with Crippen LogP contribution in [0.2, 0.25) is 0 Å². The molecule has 2 heterocycles. The Balaban J connectivity index is 1.64. The van der Waals surface area contributed by atoms with Gasteiger partial charge in [-0.05, 0) is 38.3 Å². The minimum atomic E-state index is -0.299. The molecule has 0 unspecified atom stereocenters. The molecular formula is C22H24N4O3. The van der Waals surface area contributed by atoms with Gasteiger partial charge in [0.15, 0.2) is 0 Å². The Morgan fingerprint density at radius 1 is 1.21 bits per heavy atom. The van der Waals surface area contributed by atoms with Crippen LogP contribution in [0, 0.1) is 13.8 Å². The fraction of sp³-hybridized carbons (Fsp3) is 0.364. The standard InChI is InChI=1S/C22H24N4O3/c1-14-12-15(2)26(13-18(27)23-17-10-6-7-11-17)22(28)19(14)21-24-20(25-29-21)16-8-4-3-5-9-16/h3-5,8-9,12,17H,6-7,10-11,13H2,1-2H3,(H,23,27). The second-order valence-electron chi connectivity index (χ2n) is 7.57. The predicted molar refractivity (Wildman–Crippen MR) is 109 cm³/mol. The third-order valence-electron chi connectivity index (χ3n) is 5.40. The Morgan fingerprint density at radius 3 is 2.66 bits per heavy atom. The quantitative estimate of drug-likeness (QED) is 0.720. The molecule has 0 radical (unpaired) electrons. The number of hydrogen-bond acceptors (Lipinski definition) is 5. The molecule has 1 aliphatic rings. The van der Waals surface area contributed by atoms with Gasteiger partial charge < -0.3 is 14.4 Å². The highest BCUT2D eigenvalue weighted by Gasteiger charge is 2.22. The molecule has 1 N–H and O–H groups in total. The molecule has 0 atom stereocenters. The molecule has 29 heavy (non-hydrogen) atoms. The van der Waals surface area contributed by atoms with Crippen LogP contribution in [0.3, 0.4) is 0 Å². The van der Waals surface area contributed by atoms with Crippen molar-refractivity contribution < 1.29 is 9.32 Å². The van der Waals surface area contributed by atoms with E-state index < -0.39 is 0 Å². The normalized spacial score (nSPS) is 14.3. The highest BCUT2D eigenvalue weighted by molar-refractivity contribution is 5.76. The Labute approximate surface area is 168 Å². The van der Waals surface area contributed by atoms with Crippen LogP contribution >= 0.6 is 0 Å². The van der Waals surface area contributed by atoms with Crippen LogP contribution in [0.1, 0.15) is 36.9 Å². The smallest absolute Gasteiger partial charge is 0.264 e. The molecule has 0 aliphatic heterocycles. The van der Waals surface area contributed by atoms with Gasteiger partial charge >= 0.3 is 0 Å². The summed E-state index contributed by atoms with van der Waals surface area (Å²) >= 11 is 0. The molecular weight excluding hydrogens is 368 g/mol. The van der Waals surface area contributed by atoms with Gasteiger partial charge in [0, 0.05) is 17.3 Å². The molecule has 1 saturated carbocycles. The van der Waals surface area contributed by atoms with Gasteiger partial charge in [0.1, 0.15) is 12.1 Å². The third-order valence-corrected chi connectivity index (χ3v) is 5.40. The highest BCUT2D eigenvalue weighted by Crippen LogP contribution is 2.23. The van der Waals surface area contributed by atoms with Crippen molar-refractivity contribution in [2.24, 2.45) is 0 Å². The van der Waals surface area contributed by atoms with Crippen LogP contribution in [0.4, 0.5) is 0 Å². The summed E-state index contributed by atoms with van der Waals surface area (Å²) in [6, 6.07) is 11.5. The van der Waals surface area contributed by atoms with Crippen LogP contribution in [-0.4, -0.2) is 26.7 Å². The lowest BCUT2D eigenvalue weighted by Crippen LogP contribution is -2.38. The molecule has 7 heteroatoms. The van der Waals surface area contributed by atoms with Crippen molar-refractivity contribution >= 4 is 5.91 Å². The van der Waals surface area contributed by atoms with Gasteiger partial charge in [-0.25, -0.2) is 0 Å². The molecule has 4 rings (SSSR count). The molecule has 7 nitrogen and oxygen atoms in total. The lowest BCUT2D eigenvalue weighted by molar-refractivity contribution is -0.122. The molecule has 1 aromatic carbocycles. The number of nitrogens with zero attached hydrogens (tertiary/aromatic N) is 3. The molecule has 0 spiro atoms. The molecule has 1 fully saturated rings. The van der Waals surface area contributed by atoms with Gasteiger partial charge in [-0.1, -0.05) is 48.3 Å². The van der Waals surface area contributed by atoms with Gasteiger partial charge in [-0.3, -0.25) is 9.59 Å². The van der Waals surface area contributed by atoms with Crippen molar-refractivity contribution in [2.75, 3.05) is 0 Å². The number of amides is 1. The second kappa shape index (κ2) is 8.03. The van der Waals surface area contributed by atoms with E-state index in [0.717, 1.165) is 42.5 Å². The van der Waals surface area contributed by atoms with Crippen LogP contribution in [0.5, 0.6) is 0 Å². The number of hydrogen-bond donors (Lipinski definition) is 1. The van der Waals surface area contributed by atoms with Gasteiger partial charge in [-0.15, -0.1) is 0 Å².